The van der Waals surface area contributed by atoms with Crippen LogP contribution in [0.15, 0.2) is 42.7 Å². The van der Waals surface area contributed by atoms with E-state index in [9.17, 15) is 23.1 Å². The van der Waals surface area contributed by atoms with E-state index in [1.807, 2.05) is 30.3 Å². The molecule has 164 valence electrons. The third kappa shape index (κ3) is 4.86. The van der Waals surface area contributed by atoms with Gasteiger partial charge >= 0.3 is 12.2 Å². The number of nitrogens with one attached hydrogen (secondary N) is 2. The van der Waals surface area contributed by atoms with Crippen LogP contribution < -0.4 is 15.5 Å². The van der Waals surface area contributed by atoms with Crippen molar-refractivity contribution < 1.29 is 23.1 Å². The summed E-state index contributed by atoms with van der Waals surface area (Å²) in [5.74, 6) is -0.250. The summed E-state index contributed by atoms with van der Waals surface area (Å²) in [5, 5.41) is 15.4. The van der Waals surface area contributed by atoms with Crippen molar-refractivity contribution >= 4 is 11.7 Å². The van der Waals surface area contributed by atoms with Gasteiger partial charge in [-0.3, -0.25) is 0 Å². The molecule has 2 aromatic rings. The maximum Gasteiger partial charge on any atom is 0.424 e. The molecule has 7 nitrogen and oxygen atoms in total. The Balaban J connectivity index is 1.45. The van der Waals surface area contributed by atoms with E-state index in [2.05, 4.69) is 20.5 Å². The maximum atomic E-state index is 13.5. The minimum Gasteiger partial charge on any atom is -0.374 e. The highest BCUT2D eigenvalue weighted by atomic mass is 19.4. The third-order valence-electron chi connectivity index (χ3n) is 5.39. The molecule has 1 aromatic carbocycles. The quantitative estimate of drug-likeness (QED) is 0.636. The number of rotatable bonds is 7. The third-order valence-corrected chi connectivity index (χ3v) is 5.39. The number of aliphatic hydroxyl groups is 1. The fourth-order valence-corrected chi connectivity index (χ4v) is 3.67. The summed E-state index contributed by atoms with van der Waals surface area (Å²) in [7, 11) is 1.37. The van der Waals surface area contributed by atoms with Crippen molar-refractivity contribution in [2.24, 2.45) is 13.0 Å². The lowest BCUT2D eigenvalue weighted by Crippen LogP contribution is -2.48. The molecule has 2 heterocycles. The predicted molar refractivity (Wildman–Crippen MR) is 106 cm³/mol. The van der Waals surface area contributed by atoms with E-state index >= 15 is 0 Å². The van der Waals surface area contributed by atoms with E-state index < -0.39 is 30.1 Å². The Morgan fingerprint density at radius 3 is 2.63 bits per heavy atom. The van der Waals surface area contributed by atoms with Gasteiger partial charge in [0.05, 0.1) is 0 Å². The van der Waals surface area contributed by atoms with Crippen LogP contribution in [0.25, 0.3) is 0 Å². The highest BCUT2D eigenvalue weighted by Gasteiger charge is 2.57. The first-order chi connectivity index (χ1) is 14.2. The average Bonchev–Trinajstić information content (AvgIpc) is 3.35. The lowest BCUT2D eigenvalue weighted by molar-refractivity contribution is -0.272. The first-order valence-electron chi connectivity index (χ1n) is 9.79. The smallest absolute Gasteiger partial charge is 0.374 e. The second-order valence-corrected chi connectivity index (χ2v) is 7.54. The van der Waals surface area contributed by atoms with Gasteiger partial charge in [-0.2, -0.15) is 13.2 Å². The van der Waals surface area contributed by atoms with Gasteiger partial charge in [-0.05, 0) is 24.5 Å². The van der Waals surface area contributed by atoms with Gasteiger partial charge in [-0.15, -0.1) is 0 Å². The molecule has 1 saturated heterocycles. The SMILES string of the molecule is Cn1ccnc1C(O)(CCNC(=O)NCC1CCN(c2ccccc2)C1)C(F)(F)F. The highest BCUT2D eigenvalue weighted by Crippen LogP contribution is 2.40. The number of amides is 2. The van der Waals surface area contributed by atoms with Crippen LogP contribution in [0.5, 0.6) is 0 Å². The normalized spacial score (nSPS) is 18.8. The lowest BCUT2D eigenvalue weighted by atomic mass is 9.97. The van der Waals surface area contributed by atoms with Crippen molar-refractivity contribution in [1.29, 1.82) is 0 Å². The number of carbonyl (C=O) groups is 1. The van der Waals surface area contributed by atoms with Crippen LogP contribution in [-0.2, 0) is 12.6 Å². The van der Waals surface area contributed by atoms with E-state index in [0.717, 1.165) is 29.8 Å². The molecule has 3 rings (SSSR count). The Bertz CT molecular complexity index is 842. The summed E-state index contributed by atoms with van der Waals surface area (Å²) in [5.41, 5.74) is -2.01. The first-order valence-corrected chi connectivity index (χ1v) is 9.79. The molecular weight excluding hydrogens is 399 g/mol. The molecular formula is C20H26F3N5O2. The van der Waals surface area contributed by atoms with Gasteiger partial charge in [0, 0.05) is 57.7 Å². The largest absolute Gasteiger partial charge is 0.424 e. The number of halogens is 3. The maximum absolute atomic E-state index is 13.5. The minimum atomic E-state index is -4.92. The van der Waals surface area contributed by atoms with Crippen molar-refractivity contribution in [3.05, 3.63) is 48.5 Å². The first kappa shape index (κ1) is 21.9. The van der Waals surface area contributed by atoms with Crippen molar-refractivity contribution in [3.63, 3.8) is 0 Å². The minimum absolute atomic E-state index is 0.260. The molecule has 0 radical (unpaired) electrons. The summed E-state index contributed by atoms with van der Waals surface area (Å²) in [4.78, 5) is 17.9. The molecule has 2 atom stereocenters. The second kappa shape index (κ2) is 8.95. The van der Waals surface area contributed by atoms with Gasteiger partial charge in [0.2, 0.25) is 5.60 Å². The van der Waals surface area contributed by atoms with Gasteiger partial charge in [-0.25, -0.2) is 9.78 Å². The number of urea groups is 1. The summed E-state index contributed by atoms with van der Waals surface area (Å²) in [6, 6.07) is 9.41. The van der Waals surface area contributed by atoms with Crippen LogP contribution in [0.4, 0.5) is 23.7 Å². The van der Waals surface area contributed by atoms with Gasteiger partial charge in [0.25, 0.3) is 0 Å². The van der Waals surface area contributed by atoms with Crippen molar-refractivity contribution in [3.8, 4) is 0 Å². The number of aromatic nitrogens is 2. The number of hydrogen-bond donors (Lipinski definition) is 3. The lowest BCUT2D eigenvalue weighted by Gasteiger charge is -2.30. The topological polar surface area (TPSA) is 82.4 Å². The molecule has 1 aromatic heterocycles. The predicted octanol–water partition coefficient (Wildman–Crippen LogP) is 2.39. The standard InChI is InChI=1S/C20H26F3N5O2/c1-27-12-10-24-17(27)19(30,20(21,22)23)8-9-25-18(29)26-13-15-7-11-28(14-15)16-5-3-2-4-6-16/h2-6,10,12,15,30H,7-9,11,13-14H2,1H3,(H2,25,26,29). The number of benzene rings is 1. The van der Waals surface area contributed by atoms with Crippen LogP contribution in [0.2, 0.25) is 0 Å². The van der Waals surface area contributed by atoms with E-state index in [4.69, 9.17) is 0 Å². The number of aryl methyl sites for hydroxylation is 1. The number of hydrogen-bond acceptors (Lipinski definition) is 4. The van der Waals surface area contributed by atoms with Crippen LogP contribution >= 0.6 is 0 Å². The number of carbonyl (C=O) groups excluding carboxylic acids is 1. The summed E-state index contributed by atoms with van der Waals surface area (Å²) < 4.78 is 41.5. The molecule has 1 aliphatic rings. The van der Waals surface area contributed by atoms with Crippen molar-refractivity contribution in [1.82, 2.24) is 20.2 Å². The zero-order valence-electron chi connectivity index (χ0n) is 16.7. The number of anilines is 1. The zero-order chi connectivity index (χ0) is 21.8. The molecule has 0 saturated carbocycles. The summed E-state index contributed by atoms with van der Waals surface area (Å²) >= 11 is 0. The molecule has 1 fully saturated rings. The number of imidazole rings is 1. The Kier molecular flexibility index (Phi) is 6.55. The fourth-order valence-electron chi connectivity index (χ4n) is 3.67. The number of nitrogens with zero attached hydrogens (tertiary/aromatic N) is 3. The van der Waals surface area contributed by atoms with Crippen LogP contribution in [-0.4, -0.2) is 53.0 Å². The molecule has 2 unspecified atom stereocenters. The average molecular weight is 425 g/mol. The highest BCUT2D eigenvalue weighted by molar-refractivity contribution is 5.73. The number of alkyl halides is 3. The van der Waals surface area contributed by atoms with Gasteiger partial charge in [0.1, 0.15) is 5.82 Å². The number of para-hydroxylation sites is 1. The summed E-state index contributed by atoms with van der Waals surface area (Å²) in [6.45, 7) is 1.77. The van der Waals surface area contributed by atoms with Gasteiger partial charge < -0.3 is 25.2 Å². The van der Waals surface area contributed by atoms with Crippen LogP contribution in [0.3, 0.4) is 0 Å². The molecule has 2 amide bonds. The molecule has 3 N–H and O–H groups in total. The molecule has 0 spiro atoms. The van der Waals surface area contributed by atoms with Gasteiger partial charge in [0.15, 0.2) is 0 Å². The van der Waals surface area contributed by atoms with E-state index in [1.54, 1.807) is 0 Å². The Morgan fingerprint density at radius 1 is 1.27 bits per heavy atom. The van der Waals surface area contributed by atoms with E-state index in [-0.39, 0.29) is 12.5 Å². The van der Waals surface area contributed by atoms with E-state index in [0.29, 0.717) is 6.54 Å². The molecule has 0 aliphatic carbocycles. The molecule has 0 bridgehead atoms. The molecule has 10 heteroatoms. The second-order valence-electron chi connectivity index (χ2n) is 7.54. The van der Waals surface area contributed by atoms with Crippen LogP contribution in [0, 0.1) is 5.92 Å². The Hall–Kier alpha value is -2.75. The molecule has 1 aliphatic heterocycles. The van der Waals surface area contributed by atoms with Crippen molar-refractivity contribution in [2.75, 3.05) is 31.1 Å². The summed E-state index contributed by atoms with van der Waals surface area (Å²) in [6.07, 6.45) is -2.23. The molecule has 30 heavy (non-hydrogen) atoms. The fraction of sp³-hybridized carbons (Fsp3) is 0.500. The monoisotopic (exact) mass is 425 g/mol. The van der Waals surface area contributed by atoms with Crippen LogP contribution in [0.1, 0.15) is 18.7 Å². The van der Waals surface area contributed by atoms with E-state index in [1.165, 1.54) is 19.4 Å². The Morgan fingerprint density at radius 2 is 2.00 bits per heavy atom. The zero-order valence-corrected chi connectivity index (χ0v) is 16.7. The van der Waals surface area contributed by atoms with Gasteiger partial charge in [-0.1, -0.05) is 18.2 Å². The Labute approximate surface area is 172 Å². The van der Waals surface area contributed by atoms with Crippen molar-refractivity contribution in [2.45, 2.75) is 24.6 Å².